The fourth-order valence-electron chi connectivity index (χ4n) is 1.40. The number of amides is 1. The predicted molar refractivity (Wildman–Crippen MR) is 67.1 cm³/mol. The average Bonchev–Trinajstić information content (AvgIpc) is 2.42. The topological polar surface area (TPSA) is 98.5 Å². The molecule has 100 valence electrons. The second-order valence-corrected chi connectivity index (χ2v) is 3.59. The van der Waals surface area contributed by atoms with E-state index in [1.165, 1.54) is 6.20 Å². The number of hydrazine groups is 1. The number of carbonyl (C=O) groups is 1. The summed E-state index contributed by atoms with van der Waals surface area (Å²) in [4.78, 5) is 15.8. The smallest absolute Gasteiger partial charge is 0.255 e. The van der Waals surface area contributed by atoms with E-state index in [1.54, 1.807) is 26.5 Å². The Labute approximate surface area is 106 Å². The van der Waals surface area contributed by atoms with Gasteiger partial charge in [0.15, 0.2) is 0 Å². The van der Waals surface area contributed by atoms with Crippen molar-refractivity contribution in [3.05, 3.63) is 24.0 Å². The maximum atomic E-state index is 11.9. The van der Waals surface area contributed by atoms with Crippen LogP contribution < -0.4 is 16.6 Å². The fourth-order valence-corrected chi connectivity index (χ4v) is 1.40. The van der Waals surface area contributed by atoms with Crippen molar-refractivity contribution >= 4 is 11.6 Å². The number of aromatic nitrogens is 1. The van der Waals surface area contributed by atoms with Crippen LogP contribution in [0, 0.1) is 0 Å². The molecule has 0 radical (unpaired) electrons. The second-order valence-electron chi connectivity index (χ2n) is 3.59. The normalized spacial score (nSPS) is 11.9. The van der Waals surface area contributed by atoms with Crippen LogP contribution in [0.1, 0.15) is 10.4 Å². The molecule has 1 amide bonds. The van der Waals surface area contributed by atoms with Gasteiger partial charge in [-0.15, -0.1) is 0 Å². The summed E-state index contributed by atoms with van der Waals surface area (Å²) in [7, 11) is 3.14. The first kappa shape index (κ1) is 14.4. The Hall–Kier alpha value is -1.70. The van der Waals surface area contributed by atoms with Gasteiger partial charge in [-0.3, -0.25) is 15.6 Å². The number of anilines is 1. The molecular weight excluding hydrogens is 236 g/mol. The Morgan fingerprint density at radius 2 is 2.33 bits per heavy atom. The summed E-state index contributed by atoms with van der Waals surface area (Å²) in [6.07, 6.45) is 2.81. The molecule has 18 heavy (non-hydrogen) atoms. The molecule has 0 aliphatic rings. The van der Waals surface area contributed by atoms with Gasteiger partial charge in [0.2, 0.25) is 0 Å². The summed E-state index contributed by atoms with van der Waals surface area (Å²) in [5.74, 6) is 5.05. The molecule has 0 saturated heterocycles. The highest BCUT2D eigenvalue weighted by atomic mass is 16.5. The van der Waals surface area contributed by atoms with Gasteiger partial charge < -0.3 is 20.2 Å². The Morgan fingerprint density at radius 3 is 2.94 bits per heavy atom. The van der Waals surface area contributed by atoms with Gasteiger partial charge in [-0.1, -0.05) is 0 Å². The van der Waals surface area contributed by atoms with Crippen LogP contribution in [0.5, 0.6) is 0 Å². The van der Waals surface area contributed by atoms with Gasteiger partial charge in [-0.25, -0.2) is 0 Å². The summed E-state index contributed by atoms with van der Waals surface area (Å²) < 4.78 is 10.1. The Bertz CT molecular complexity index is 386. The largest absolute Gasteiger partial charge is 0.382 e. The third kappa shape index (κ3) is 3.95. The van der Waals surface area contributed by atoms with Crippen molar-refractivity contribution in [2.75, 3.05) is 32.8 Å². The number of carbonyl (C=O) groups excluding carboxylic acids is 1. The number of methoxy groups -OCH3 is 2. The van der Waals surface area contributed by atoms with E-state index in [9.17, 15) is 4.79 Å². The number of hydrogen-bond acceptors (Lipinski definition) is 6. The van der Waals surface area contributed by atoms with E-state index >= 15 is 0 Å². The molecular formula is C11H18N4O3. The zero-order valence-electron chi connectivity index (χ0n) is 10.5. The molecule has 4 N–H and O–H groups in total. The van der Waals surface area contributed by atoms with Gasteiger partial charge in [0.1, 0.15) is 0 Å². The third-order valence-corrected chi connectivity index (χ3v) is 2.40. The second kappa shape index (κ2) is 7.59. The molecule has 0 aliphatic carbocycles. The Morgan fingerprint density at radius 1 is 1.56 bits per heavy atom. The van der Waals surface area contributed by atoms with Crippen molar-refractivity contribution in [2.24, 2.45) is 5.84 Å². The summed E-state index contributed by atoms with van der Waals surface area (Å²) >= 11 is 0. The van der Waals surface area contributed by atoms with Crippen molar-refractivity contribution in [1.82, 2.24) is 10.3 Å². The van der Waals surface area contributed by atoms with E-state index in [0.29, 0.717) is 24.4 Å². The lowest BCUT2D eigenvalue weighted by Crippen LogP contribution is -2.36. The maximum absolute atomic E-state index is 11.9. The molecule has 0 spiro atoms. The van der Waals surface area contributed by atoms with Crippen LogP contribution in [0.4, 0.5) is 5.69 Å². The van der Waals surface area contributed by atoms with Gasteiger partial charge in [-0.2, -0.15) is 0 Å². The summed E-state index contributed by atoms with van der Waals surface area (Å²) in [6, 6.07) is 1.62. The molecule has 1 rings (SSSR count). The van der Waals surface area contributed by atoms with Gasteiger partial charge in [0, 0.05) is 33.2 Å². The van der Waals surface area contributed by atoms with E-state index in [-0.39, 0.29) is 12.0 Å². The Kier molecular flexibility index (Phi) is 6.06. The lowest BCUT2D eigenvalue weighted by atomic mass is 10.2. The average molecular weight is 254 g/mol. The number of ether oxygens (including phenoxy) is 2. The summed E-state index contributed by atoms with van der Waals surface area (Å²) in [5.41, 5.74) is 3.35. The lowest BCUT2D eigenvalue weighted by molar-refractivity contribution is 0.0285. The molecule has 0 bridgehead atoms. The first-order valence-electron chi connectivity index (χ1n) is 5.43. The minimum absolute atomic E-state index is 0.190. The molecule has 7 nitrogen and oxygen atoms in total. The van der Waals surface area contributed by atoms with Crippen molar-refractivity contribution < 1.29 is 14.3 Å². The third-order valence-electron chi connectivity index (χ3n) is 2.40. The summed E-state index contributed by atoms with van der Waals surface area (Å²) in [5, 5.41) is 2.73. The number of nitrogens with two attached hydrogens (primary N) is 1. The van der Waals surface area contributed by atoms with E-state index in [2.05, 4.69) is 15.7 Å². The standard InChI is InChI=1S/C11H18N4O3/c1-17-7-8(18-2)5-14-11(16)9-6-13-4-3-10(9)15-12/h3-4,6,8H,5,7,12H2,1-2H3,(H,13,15)(H,14,16). The van der Waals surface area contributed by atoms with Crippen molar-refractivity contribution in [1.29, 1.82) is 0 Å². The number of pyridine rings is 1. The van der Waals surface area contributed by atoms with Gasteiger partial charge in [-0.05, 0) is 6.07 Å². The zero-order chi connectivity index (χ0) is 13.4. The molecule has 1 unspecified atom stereocenters. The van der Waals surface area contributed by atoms with Crippen molar-refractivity contribution in [2.45, 2.75) is 6.10 Å². The van der Waals surface area contributed by atoms with Crippen molar-refractivity contribution in [3.8, 4) is 0 Å². The highest BCUT2D eigenvalue weighted by molar-refractivity contribution is 5.99. The van der Waals surface area contributed by atoms with E-state index in [4.69, 9.17) is 15.3 Å². The van der Waals surface area contributed by atoms with E-state index in [1.807, 2.05) is 0 Å². The molecule has 1 aromatic rings. The Balaban J connectivity index is 2.59. The van der Waals surface area contributed by atoms with Crippen LogP contribution in [-0.4, -0.2) is 44.4 Å². The van der Waals surface area contributed by atoms with Crippen LogP contribution in [-0.2, 0) is 9.47 Å². The number of nitrogens with one attached hydrogen (secondary N) is 2. The number of nitrogen functional groups attached to an aromatic ring is 1. The molecule has 0 saturated carbocycles. The highest BCUT2D eigenvalue weighted by Gasteiger charge is 2.13. The van der Waals surface area contributed by atoms with E-state index < -0.39 is 0 Å². The van der Waals surface area contributed by atoms with Crippen LogP contribution in [0.25, 0.3) is 0 Å². The molecule has 7 heteroatoms. The minimum Gasteiger partial charge on any atom is -0.382 e. The van der Waals surface area contributed by atoms with Crippen LogP contribution >= 0.6 is 0 Å². The predicted octanol–water partition coefficient (Wildman–Crippen LogP) is -0.242. The molecule has 0 aromatic carbocycles. The minimum atomic E-state index is -0.269. The van der Waals surface area contributed by atoms with Crippen LogP contribution in [0.15, 0.2) is 18.5 Å². The van der Waals surface area contributed by atoms with Crippen molar-refractivity contribution in [3.63, 3.8) is 0 Å². The monoisotopic (exact) mass is 254 g/mol. The van der Waals surface area contributed by atoms with Crippen LogP contribution in [0.2, 0.25) is 0 Å². The molecule has 1 aromatic heterocycles. The zero-order valence-corrected chi connectivity index (χ0v) is 10.5. The molecule has 1 heterocycles. The highest BCUT2D eigenvalue weighted by Crippen LogP contribution is 2.11. The first-order valence-corrected chi connectivity index (χ1v) is 5.43. The SMILES string of the molecule is COCC(CNC(=O)c1cnccc1NN)OC. The summed E-state index contributed by atoms with van der Waals surface area (Å²) in [6.45, 7) is 0.758. The van der Waals surface area contributed by atoms with Gasteiger partial charge >= 0.3 is 0 Å². The number of hydrogen-bond donors (Lipinski definition) is 3. The van der Waals surface area contributed by atoms with Crippen LogP contribution in [0.3, 0.4) is 0 Å². The maximum Gasteiger partial charge on any atom is 0.255 e. The molecule has 0 aliphatic heterocycles. The number of rotatable bonds is 7. The van der Waals surface area contributed by atoms with Gasteiger partial charge in [0.05, 0.1) is 24.0 Å². The fraction of sp³-hybridized carbons (Fsp3) is 0.455. The van der Waals surface area contributed by atoms with Gasteiger partial charge in [0.25, 0.3) is 5.91 Å². The first-order chi connectivity index (χ1) is 8.72. The lowest BCUT2D eigenvalue weighted by Gasteiger charge is -2.15. The quantitative estimate of drug-likeness (QED) is 0.459. The molecule has 0 fully saturated rings. The van der Waals surface area contributed by atoms with E-state index in [0.717, 1.165) is 0 Å². The molecule has 1 atom stereocenters. The number of nitrogens with zero attached hydrogens (tertiary/aromatic N) is 1.